The number of imide groups is 1. The van der Waals surface area contributed by atoms with Gasteiger partial charge in [-0.3, -0.25) is 14.5 Å². The largest absolute Gasteiger partial charge is 0.508 e. The first kappa shape index (κ1) is 16.0. The second-order valence-electron chi connectivity index (χ2n) is 6.55. The standard InChI is InChI=1S/C18H24N2O3/c1-3-13-6-4-5-9-19(13)16-11-17(22)20(18(16)23)15-8-7-14(21)10-12(15)2/h7-8,10,13,16,21H,3-6,9,11H2,1-2H3. The second kappa shape index (κ2) is 6.32. The third-order valence-corrected chi connectivity index (χ3v) is 5.09. The topological polar surface area (TPSA) is 60.9 Å². The Hall–Kier alpha value is -1.88. The highest BCUT2D eigenvalue weighted by Gasteiger charge is 2.45. The van der Waals surface area contributed by atoms with Gasteiger partial charge in [0.1, 0.15) is 5.75 Å². The molecule has 2 atom stereocenters. The van der Waals surface area contributed by atoms with E-state index < -0.39 is 0 Å². The minimum atomic E-state index is -0.332. The molecule has 2 aliphatic rings. The number of hydrogen-bond donors (Lipinski definition) is 1. The quantitative estimate of drug-likeness (QED) is 0.871. The normalized spacial score (nSPS) is 26.1. The number of carbonyl (C=O) groups is 2. The van der Waals surface area contributed by atoms with Gasteiger partial charge < -0.3 is 5.11 Å². The van der Waals surface area contributed by atoms with E-state index in [4.69, 9.17) is 0 Å². The van der Waals surface area contributed by atoms with Crippen LogP contribution < -0.4 is 4.90 Å². The summed E-state index contributed by atoms with van der Waals surface area (Å²) in [7, 11) is 0. The maximum atomic E-state index is 12.9. The SMILES string of the molecule is CCC1CCCCN1C1CC(=O)N(c2ccc(O)cc2C)C1=O. The van der Waals surface area contributed by atoms with Crippen LogP contribution in [0.5, 0.6) is 5.75 Å². The van der Waals surface area contributed by atoms with Gasteiger partial charge in [0.15, 0.2) is 0 Å². The number of likely N-dealkylation sites (tertiary alicyclic amines) is 1. The van der Waals surface area contributed by atoms with Crippen molar-refractivity contribution in [2.75, 3.05) is 11.4 Å². The number of phenols is 1. The van der Waals surface area contributed by atoms with Gasteiger partial charge in [0, 0.05) is 6.04 Å². The number of nitrogens with zero attached hydrogens (tertiary/aromatic N) is 2. The zero-order chi connectivity index (χ0) is 16.6. The first-order chi connectivity index (χ1) is 11.0. The maximum absolute atomic E-state index is 12.9. The summed E-state index contributed by atoms with van der Waals surface area (Å²) in [6, 6.07) is 4.81. The number of phenolic OH excluding ortho intramolecular Hbond substituents is 1. The highest BCUT2D eigenvalue weighted by molar-refractivity contribution is 6.22. The summed E-state index contributed by atoms with van der Waals surface area (Å²) in [5, 5.41) is 9.54. The van der Waals surface area contributed by atoms with Crippen molar-refractivity contribution in [1.82, 2.24) is 4.90 Å². The minimum absolute atomic E-state index is 0.121. The minimum Gasteiger partial charge on any atom is -0.508 e. The van der Waals surface area contributed by atoms with E-state index in [1.54, 1.807) is 19.1 Å². The molecule has 0 spiro atoms. The maximum Gasteiger partial charge on any atom is 0.251 e. The molecule has 5 heteroatoms. The fourth-order valence-electron chi connectivity index (χ4n) is 3.89. The summed E-state index contributed by atoms with van der Waals surface area (Å²) < 4.78 is 0. The number of carbonyl (C=O) groups excluding carboxylic acids is 2. The molecule has 124 valence electrons. The lowest BCUT2D eigenvalue weighted by atomic mass is 9.97. The number of aryl methyl sites for hydroxylation is 1. The van der Waals surface area contributed by atoms with Gasteiger partial charge in [-0.2, -0.15) is 0 Å². The summed E-state index contributed by atoms with van der Waals surface area (Å²) in [5.41, 5.74) is 1.32. The fraction of sp³-hybridized carbons (Fsp3) is 0.556. The van der Waals surface area contributed by atoms with Crippen LogP contribution in [-0.2, 0) is 9.59 Å². The smallest absolute Gasteiger partial charge is 0.251 e. The molecule has 0 radical (unpaired) electrons. The summed E-state index contributed by atoms with van der Waals surface area (Å²) >= 11 is 0. The van der Waals surface area contributed by atoms with Crippen LogP contribution in [0.1, 0.15) is 44.6 Å². The number of piperidine rings is 1. The van der Waals surface area contributed by atoms with Crippen molar-refractivity contribution >= 4 is 17.5 Å². The molecule has 1 aromatic rings. The van der Waals surface area contributed by atoms with Crippen molar-refractivity contribution in [1.29, 1.82) is 0 Å². The summed E-state index contributed by atoms with van der Waals surface area (Å²) in [5.74, 6) is -0.123. The van der Waals surface area contributed by atoms with Gasteiger partial charge in [0.05, 0.1) is 18.2 Å². The van der Waals surface area contributed by atoms with E-state index >= 15 is 0 Å². The molecule has 2 unspecified atom stereocenters. The van der Waals surface area contributed by atoms with Crippen LogP contribution in [0.4, 0.5) is 5.69 Å². The van der Waals surface area contributed by atoms with Gasteiger partial charge in [-0.05, 0) is 56.5 Å². The van der Waals surface area contributed by atoms with Crippen molar-refractivity contribution in [2.24, 2.45) is 0 Å². The summed E-state index contributed by atoms with van der Waals surface area (Å²) in [6.45, 7) is 4.84. The monoisotopic (exact) mass is 316 g/mol. The Morgan fingerprint density at radius 1 is 1.26 bits per heavy atom. The van der Waals surface area contributed by atoms with E-state index in [2.05, 4.69) is 11.8 Å². The molecule has 0 saturated carbocycles. The van der Waals surface area contributed by atoms with Crippen molar-refractivity contribution in [3.63, 3.8) is 0 Å². The zero-order valence-electron chi connectivity index (χ0n) is 13.8. The molecule has 5 nitrogen and oxygen atoms in total. The van der Waals surface area contributed by atoms with Crippen LogP contribution in [0.3, 0.4) is 0 Å². The van der Waals surface area contributed by atoms with Gasteiger partial charge in [0.2, 0.25) is 5.91 Å². The van der Waals surface area contributed by atoms with Crippen LogP contribution in [0.15, 0.2) is 18.2 Å². The lowest BCUT2D eigenvalue weighted by Gasteiger charge is -2.38. The summed E-state index contributed by atoms with van der Waals surface area (Å²) in [4.78, 5) is 28.9. The van der Waals surface area contributed by atoms with Gasteiger partial charge in [-0.15, -0.1) is 0 Å². The molecule has 1 N–H and O–H groups in total. The molecule has 0 aliphatic carbocycles. The Labute approximate surface area is 136 Å². The van der Waals surface area contributed by atoms with E-state index in [0.717, 1.165) is 31.4 Å². The number of aromatic hydroxyl groups is 1. The number of amides is 2. The first-order valence-corrected chi connectivity index (χ1v) is 8.45. The number of benzene rings is 1. The van der Waals surface area contributed by atoms with Crippen molar-refractivity contribution in [2.45, 2.75) is 58.0 Å². The molecule has 2 saturated heterocycles. The van der Waals surface area contributed by atoms with E-state index in [1.165, 1.54) is 17.4 Å². The number of rotatable bonds is 3. The molecular formula is C18H24N2O3. The predicted molar refractivity (Wildman–Crippen MR) is 88.4 cm³/mol. The molecule has 2 heterocycles. The van der Waals surface area contributed by atoms with E-state index in [-0.39, 0.29) is 30.0 Å². The average molecular weight is 316 g/mol. The Balaban J connectivity index is 1.87. The summed E-state index contributed by atoms with van der Waals surface area (Å²) in [6.07, 6.45) is 4.66. The van der Waals surface area contributed by atoms with Gasteiger partial charge >= 0.3 is 0 Å². The van der Waals surface area contributed by atoms with Crippen LogP contribution >= 0.6 is 0 Å². The molecule has 0 aromatic heterocycles. The zero-order valence-corrected chi connectivity index (χ0v) is 13.8. The first-order valence-electron chi connectivity index (χ1n) is 8.45. The Morgan fingerprint density at radius 3 is 2.74 bits per heavy atom. The lowest BCUT2D eigenvalue weighted by molar-refractivity contribution is -0.123. The van der Waals surface area contributed by atoms with Gasteiger partial charge in [-0.1, -0.05) is 13.3 Å². The highest BCUT2D eigenvalue weighted by Crippen LogP contribution is 2.33. The molecule has 0 bridgehead atoms. The number of hydrogen-bond acceptors (Lipinski definition) is 4. The molecule has 3 rings (SSSR count). The Bertz CT molecular complexity index is 629. The van der Waals surface area contributed by atoms with Crippen molar-refractivity contribution in [3.8, 4) is 5.75 Å². The van der Waals surface area contributed by atoms with Crippen LogP contribution in [0.25, 0.3) is 0 Å². The van der Waals surface area contributed by atoms with Crippen LogP contribution in [0, 0.1) is 6.92 Å². The molecule has 2 amide bonds. The van der Waals surface area contributed by atoms with Gasteiger partial charge in [0.25, 0.3) is 5.91 Å². The van der Waals surface area contributed by atoms with Gasteiger partial charge in [-0.25, -0.2) is 4.90 Å². The second-order valence-corrected chi connectivity index (χ2v) is 6.55. The third-order valence-electron chi connectivity index (χ3n) is 5.09. The molecule has 2 fully saturated rings. The third kappa shape index (κ3) is 2.85. The fourth-order valence-corrected chi connectivity index (χ4v) is 3.89. The molecule has 1 aromatic carbocycles. The molecule has 2 aliphatic heterocycles. The van der Waals surface area contributed by atoms with E-state index in [1.807, 2.05) is 0 Å². The average Bonchev–Trinajstić information content (AvgIpc) is 2.82. The Kier molecular flexibility index (Phi) is 4.39. The van der Waals surface area contributed by atoms with E-state index in [9.17, 15) is 14.7 Å². The highest BCUT2D eigenvalue weighted by atomic mass is 16.3. The predicted octanol–water partition coefficient (Wildman–Crippen LogP) is 2.60. The Morgan fingerprint density at radius 2 is 2.04 bits per heavy atom. The molecular weight excluding hydrogens is 292 g/mol. The molecule has 23 heavy (non-hydrogen) atoms. The number of anilines is 1. The van der Waals surface area contributed by atoms with Crippen LogP contribution in [-0.4, -0.2) is 40.4 Å². The van der Waals surface area contributed by atoms with Crippen molar-refractivity contribution in [3.05, 3.63) is 23.8 Å². The van der Waals surface area contributed by atoms with Crippen LogP contribution in [0.2, 0.25) is 0 Å². The van der Waals surface area contributed by atoms with Crippen molar-refractivity contribution < 1.29 is 14.7 Å². The lowest BCUT2D eigenvalue weighted by Crippen LogP contribution is -2.49. The van der Waals surface area contributed by atoms with E-state index in [0.29, 0.717) is 11.7 Å².